The summed E-state index contributed by atoms with van der Waals surface area (Å²) in [6, 6.07) is 3.13. The molecule has 3 N–H and O–H groups in total. The zero-order chi connectivity index (χ0) is 15.9. The fourth-order valence-corrected chi connectivity index (χ4v) is 3.39. The number of fused-ring (bicyclic) bond motifs is 1. The monoisotopic (exact) mass is 339 g/mol. The van der Waals surface area contributed by atoms with Crippen molar-refractivity contribution in [3.05, 3.63) is 39.0 Å². The fraction of sp³-hybridized carbons (Fsp3) is 0.333. The van der Waals surface area contributed by atoms with E-state index in [1.54, 1.807) is 6.07 Å². The van der Waals surface area contributed by atoms with Gasteiger partial charge in [-0.25, -0.2) is 0 Å². The van der Waals surface area contributed by atoms with Gasteiger partial charge < -0.3 is 10.4 Å². The molecule has 1 aliphatic heterocycles. The number of halogens is 2. The van der Waals surface area contributed by atoms with Gasteiger partial charge in [0.05, 0.1) is 5.02 Å². The molecule has 0 spiro atoms. The quantitative estimate of drug-likeness (QED) is 0.794. The van der Waals surface area contributed by atoms with Crippen LogP contribution in [0.2, 0.25) is 10.0 Å². The number of aryl methyl sites for hydroxylation is 1. The molecule has 0 radical (unpaired) electrons. The SMILES string of the molecule is CCCc1[nH]nc2c1[C@H](c1cc(Cl)cc(Cl)c1O)CC(=O)N2. The summed E-state index contributed by atoms with van der Waals surface area (Å²) in [7, 11) is 0. The van der Waals surface area contributed by atoms with E-state index in [1.165, 1.54) is 6.07 Å². The smallest absolute Gasteiger partial charge is 0.226 e. The standard InChI is InChI=1S/C15H15Cl2N3O2/c1-2-3-11-13-8(6-12(21)18-15(13)20-19-11)9-4-7(16)5-10(17)14(9)22/h4-5,8,22H,2-3,6H2,1H3,(H2,18,19,20,21)/t8-/m0/s1. The maximum atomic E-state index is 11.9. The number of amides is 1. The number of nitrogens with zero attached hydrogens (tertiary/aromatic N) is 1. The van der Waals surface area contributed by atoms with Gasteiger partial charge in [0.1, 0.15) is 5.75 Å². The van der Waals surface area contributed by atoms with Gasteiger partial charge in [-0.2, -0.15) is 5.10 Å². The van der Waals surface area contributed by atoms with Gasteiger partial charge in [0, 0.05) is 34.2 Å². The van der Waals surface area contributed by atoms with Gasteiger partial charge in [0.25, 0.3) is 0 Å². The van der Waals surface area contributed by atoms with Crippen LogP contribution in [0.25, 0.3) is 0 Å². The van der Waals surface area contributed by atoms with Crippen LogP contribution in [0.3, 0.4) is 0 Å². The van der Waals surface area contributed by atoms with Gasteiger partial charge in [0.15, 0.2) is 5.82 Å². The molecule has 2 heterocycles. The first-order valence-electron chi connectivity index (χ1n) is 7.06. The molecule has 116 valence electrons. The first kappa shape index (κ1) is 15.2. The normalized spacial score (nSPS) is 17.2. The summed E-state index contributed by atoms with van der Waals surface area (Å²) in [5.41, 5.74) is 2.40. The molecule has 0 saturated heterocycles. The third-order valence-corrected chi connectivity index (χ3v) is 4.32. The van der Waals surface area contributed by atoms with E-state index in [9.17, 15) is 9.90 Å². The van der Waals surface area contributed by atoms with Crippen molar-refractivity contribution in [3.8, 4) is 5.75 Å². The molecule has 1 amide bonds. The van der Waals surface area contributed by atoms with Crippen molar-refractivity contribution in [2.24, 2.45) is 0 Å². The lowest BCUT2D eigenvalue weighted by Gasteiger charge is -2.24. The number of carbonyl (C=O) groups is 1. The van der Waals surface area contributed by atoms with E-state index in [1.807, 2.05) is 0 Å². The summed E-state index contributed by atoms with van der Waals surface area (Å²) in [5, 5.41) is 20.8. The van der Waals surface area contributed by atoms with Crippen molar-refractivity contribution in [2.45, 2.75) is 32.1 Å². The van der Waals surface area contributed by atoms with Crippen molar-refractivity contribution < 1.29 is 9.90 Å². The van der Waals surface area contributed by atoms with Crippen LogP contribution in [0.15, 0.2) is 12.1 Å². The Kier molecular flexibility index (Phi) is 4.02. The van der Waals surface area contributed by atoms with E-state index >= 15 is 0 Å². The van der Waals surface area contributed by atoms with Crippen LogP contribution >= 0.6 is 23.2 Å². The van der Waals surface area contributed by atoms with Gasteiger partial charge in [-0.3, -0.25) is 9.89 Å². The molecule has 2 aromatic rings. The molecule has 1 aliphatic rings. The zero-order valence-corrected chi connectivity index (χ0v) is 13.4. The summed E-state index contributed by atoms with van der Waals surface area (Å²) >= 11 is 12.1. The number of nitrogens with one attached hydrogen (secondary N) is 2. The molecular weight excluding hydrogens is 325 g/mol. The number of H-pyrrole nitrogens is 1. The zero-order valence-electron chi connectivity index (χ0n) is 11.9. The van der Waals surface area contributed by atoms with Gasteiger partial charge in [-0.1, -0.05) is 36.5 Å². The van der Waals surface area contributed by atoms with Gasteiger partial charge in [0.2, 0.25) is 5.91 Å². The molecule has 1 aromatic heterocycles. The lowest BCUT2D eigenvalue weighted by molar-refractivity contribution is -0.116. The van der Waals surface area contributed by atoms with E-state index in [2.05, 4.69) is 22.4 Å². The molecule has 5 nitrogen and oxygen atoms in total. The van der Waals surface area contributed by atoms with Crippen LogP contribution < -0.4 is 5.32 Å². The minimum atomic E-state index is -0.319. The third kappa shape index (κ3) is 2.55. The minimum absolute atomic E-state index is 0.0413. The van der Waals surface area contributed by atoms with Crippen LogP contribution in [0.4, 0.5) is 5.82 Å². The Hall–Kier alpha value is -1.72. The van der Waals surface area contributed by atoms with Crippen LogP contribution in [-0.2, 0) is 11.2 Å². The summed E-state index contributed by atoms with van der Waals surface area (Å²) in [6.45, 7) is 2.07. The number of rotatable bonds is 3. The second-order valence-electron chi connectivity index (χ2n) is 5.34. The highest BCUT2D eigenvalue weighted by Gasteiger charge is 2.33. The lowest BCUT2D eigenvalue weighted by Crippen LogP contribution is -2.23. The van der Waals surface area contributed by atoms with E-state index in [-0.39, 0.29) is 29.0 Å². The molecule has 7 heteroatoms. The summed E-state index contributed by atoms with van der Waals surface area (Å²) in [4.78, 5) is 11.9. The van der Waals surface area contributed by atoms with Crippen molar-refractivity contribution in [1.29, 1.82) is 0 Å². The van der Waals surface area contributed by atoms with Crippen LogP contribution in [0.5, 0.6) is 5.75 Å². The summed E-state index contributed by atoms with van der Waals surface area (Å²) in [5.74, 6) is 0.00311. The minimum Gasteiger partial charge on any atom is -0.506 e. The molecule has 0 fully saturated rings. The topological polar surface area (TPSA) is 78.0 Å². The molecular formula is C15H15Cl2N3O2. The Labute approximate surface area is 137 Å². The molecule has 0 saturated carbocycles. The van der Waals surface area contributed by atoms with Crippen molar-refractivity contribution in [1.82, 2.24) is 10.2 Å². The molecule has 0 aliphatic carbocycles. The Morgan fingerprint density at radius 1 is 1.41 bits per heavy atom. The third-order valence-electron chi connectivity index (χ3n) is 3.81. The predicted molar refractivity (Wildman–Crippen MR) is 85.8 cm³/mol. The average Bonchev–Trinajstić information content (AvgIpc) is 2.85. The van der Waals surface area contributed by atoms with Crippen molar-refractivity contribution in [2.75, 3.05) is 5.32 Å². The molecule has 3 rings (SSSR count). The molecule has 22 heavy (non-hydrogen) atoms. The number of phenolic OH excluding ortho intramolecular Hbond substituents is 1. The van der Waals surface area contributed by atoms with Gasteiger partial charge in [-0.15, -0.1) is 0 Å². The van der Waals surface area contributed by atoms with Crippen LogP contribution in [0, 0.1) is 0 Å². The highest BCUT2D eigenvalue weighted by molar-refractivity contribution is 6.35. The number of aromatic hydroxyl groups is 1. The van der Waals surface area contributed by atoms with Crippen molar-refractivity contribution in [3.63, 3.8) is 0 Å². The Morgan fingerprint density at radius 3 is 2.91 bits per heavy atom. The van der Waals surface area contributed by atoms with E-state index in [4.69, 9.17) is 23.2 Å². The lowest BCUT2D eigenvalue weighted by atomic mass is 9.84. The van der Waals surface area contributed by atoms with E-state index < -0.39 is 0 Å². The number of carbonyl (C=O) groups excluding carboxylic acids is 1. The molecule has 1 aromatic carbocycles. The molecule has 0 unspecified atom stereocenters. The Bertz CT molecular complexity index is 743. The van der Waals surface area contributed by atoms with Gasteiger partial charge in [-0.05, 0) is 18.6 Å². The van der Waals surface area contributed by atoms with Crippen molar-refractivity contribution >= 4 is 34.9 Å². The maximum absolute atomic E-state index is 11.9. The molecule has 0 bridgehead atoms. The second kappa shape index (κ2) is 5.82. The maximum Gasteiger partial charge on any atom is 0.226 e. The first-order chi connectivity index (χ1) is 10.5. The van der Waals surface area contributed by atoms with Crippen LogP contribution in [-0.4, -0.2) is 21.2 Å². The van der Waals surface area contributed by atoms with Gasteiger partial charge >= 0.3 is 0 Å². The highest BCUT2D eigenvalue weighted by atomic mass is 35.5. The fourth-order valence-electron chi connectivity index (χ4n) is 2.89. The number of benzene rings is 1. The average molecular weight is 340 g/mol. The largest absolute Gasteiger partial charge is 0.506 e. The summed E-state index contributed by atoms with van der Waals surface area (Å²) in [6.07, 6.45) is 1.97. The number of hydrogen-bond acceptors (Lipinski definition) is 3. The van der Waals surface area contributed by atoms with Crippen LogP contribution in [0.1, 0.15) is 42.5 Å². The Morgan fingerprint density at radius 2 is 2.18 bits per heavy atom. The summed E-state index contributed by atoms with van der Waals surface area (Å²) < 4.78 is 0. The number of aromatic nitrogens is 2. The second-order valence-corrected chi connectivity index (χ2v) is 6.19. The van der Waals surface area contributed by atoms with E-state index in [0.717, 1.165) is 24.1 Å². The van der Waals surface area contributed by atoms with E-state index in [0.29, 0.717) is 16.4 Å². The number of phenols is 1. The number of aromatic amines is 1. The Balaban J connectivity index is 2.16. The number of hydrogen-bond donors (Lipinski definition) is 3. The highest BCUT2D eigenvalue weighted by Crippen LogP contribution is 2.44. The first-order valence-corrected chi connectivity index (χ1v) is 7.81. The molecule has 1 atom stereocenters. The predicted octanol–water partition coefficient (Wildman–Crippen LogP) is 3.85. The number of anilines is 1.